The number of hydrogen-bond acceptors (Lipinski definition) is 3. The molecule has 0 aliphatic rings. The topological polar surface area (TPSA) is 55.1 Å². The van der Waals surface area contributed by atoms with Gasteiger partial charge in [-0.1, -0.05) is 13.0 Å². The molecule has 1 unspecified atom stereocenters. The molecule has 88 valence electrons. The fraction of sp³-hybridized carbons (Fsp3) is 0.417. The summed E-state index contributed by atoms with van der Waals surface area (Å²) in [7, 11) is 0. The molecule has 1 atom stereocenters. The second-order valence-corrected chi connectivity index (χ2v) is 4.57. The van der Waals surface area contributed by atoms with Crippen molar-refractivity contribution in [3.8, 4) is 0 Å². The number of thioether (sulfide) groups is 1. The third-order valence-electron chi connectivity index (χ3n) is 2.34. The first-order chi connectivity index (χ1) is 7.67. The van der Waals surface area contributed by atoms with Gasteiger partial charge in [0.2, 0.25) is 0 Å². The number of carbonyl (C=O) groups is 1. The van der Waals surface area contributed by atoms with Crippen LogP contribution >= 0.6 is 11.8 Å². The summed E-state index contributed by atoms with van der Waals surface area (Å²) in [4.78, 5) is 11.9. The van der Waals surface area contributed by atoms with Gasteiger partial charge in [0.1, 0.15) is 0 Å². The maximum Gasteiger partial charge on any atom is 0.251 e. The molecule has 0 saturated carbocycles. The van der Waals surface area contributed by atoms with Crippen molar-refractivity contribution in [3.05, 3.63) is 29.8 Å². The van der Waals surface area contributed by atoms with E-state index in [9.17, 15) is 4.79 Å². The van der Waals surface area contributed by atoms with Gasteiger partial charge in [0, 0.05) is 23.0 Å². The second-order valence-electron chi connectivity index (χ2n) is 3.66. The highest BCUT2D eigenvalue weighted by Gasteiger charge is 2.11. The Morgan fingerprint density at radius 2 is 2.31 bits per heavy atom. The van der Waals surface area contributed by atoms with Gasteiger partial charge in [0.25, 0.3) is 5.91 Å². The van der Waals surface area contributed by atoms with Gasteiger partial charge in [0.05, 0.1) is 0 Å². The van der Waals surface area contributed by atoms with E-state index in [0.29, 0.717) is 11.3 Å². The third kappa shape index (κ3) is 3.77. The smallest absolute Gasteiger partial charge is 0.251 e. The molecule has 3 nitrogen and oxygen atoms in total. The van der Waals surface area contributed by atoms with Crippen LogP contribution in [0, 0.1) is 0 Å². The van der Waals surface area contributed by atoms with Crippen molar-refractivity contribution in [1.29, 1.82) is 0 Å². The summed E-state index contributed by atoms with van der Waals surface area (Å²) in [6.45, 7) is 2.07. The number of nitrogens with one attached hydrogen (secondary N) is 1. The highest BCUT2D eigenvalue weighted by atomic mass is 32.2. The minimum atomic E-state index is -0.0480. The lowest BCUT2D eigenvalue weighted by Gasteiger charge is -2.15. The second kappa shape index (κ2) is 6.43. The molecule has 1 rings (SSSR count). The van der Waals surface area contributed by atoms with Gasteiger partial charge >= 0.3 is 0 Å². The summed E-state index contributed by atoms with van der Waals surface area (Å²) < 4.78 is 0. The molecule has 0 aliphatic heterocycles. The van der Waals surface area contributed by atoms with E-state index in [2.05, 4.69) is 12.2 Å². The number of amides is 1. The van der Waals surface area contributed by atoms with E-state index >= 15 is 0 Å². The Balaban J connectivity index is 2.64. The maximum atomic E-state index is 11.9. The number of nitrogens with two attached hydrogens (primary N) is 1. The average molecular weight is 238 g/mol. The van der Waals surface area contributed by atoms with Crippen molar-refractivity contribution >= 4 is 23.4 Å². The number of carbonyl (C=O) groups excluding carboxylic acids is 1. The summed E-state index contributed by atoms with van der Waals surface area (Å²) in [5.41, 5.74) is 6.88. The maximum absolute atomic E-state index is 11.9. The molecule has 0 spiro atoms. The first-order valence-corrected chi connectivity index (χ1v) is 6.72. The number of anilines is 1. The number of hydrogen-bond donors (Lipinski definition) is 2. The Morgan fingerprint density at radius 3 is 2.88 bits per heavy atom. The van der Waals surface area contributed by atoms with Crippen LogP contribution in [0.2, 0.25) is 0 Å². The molecule has 0 saturated heterocycles. The minimum Gasteiger partial charge on any atom is -0.399 e. The van der Waals surface area contributed by atoms with Crippen LogP contribution in [0.15, 0.2) is 24.3 Å². The van der Waals surface area contributed by atoms with E-state index in [-0.39, 0.29) is 11.9 Å². The van der Waals surface area contributed by atoms with Gasteiger partial charge in [-0.15, -0.1) is 0 Å². The summed E-state index contributed by atoms with van der Waals surface area (Å²) in [5, 5.41) is 3.00. The van der Waals surface area contributed by atoms with Crippen LogP contribution in [0.1, 0.15) is 23.7 Å². The van der Waals surface area contributed by atoms with Crippen molar-refractivity contribution in [2.45, 2.75) is 19.4 Å². The zero-order valence-corrected chi connectivity index (χ0v) is 10.5. The van der Waals surface area contributed by atoms with Gasteiger partial charge in [-0.05, 0) is 30.9 Å². The Labute approximate surface area is 101 Å². The highest BCUT2D eigenvalue weighted by Crippen LogP contribution is 2.08. The average Bonchev–Trinajstić information content (AvgIpc) is 2.28. The molecule has 1 amide bonds. The van der Waals surface area contributed by atoms with Gasteiger partial charge in [-0.25, -0.2) is 0 Å². The molecule has 0 radical (unpaired) electrons. The van der Waals surface area contributed by atoms with Crippen LogP contribution in [-0.4, -0.2) is 24.0 Å². The predicted octanol–water partition coefficient (Wildman–Crippen LogP) is 2.14. The molecule has 3 N–H and O–H groups in total. The van der Waals surface area contributed by atoms with Crippen molar-refractivity contribution in [2.75, 3.05) is 17.7 Å². The quantitative estimate of drug-likeness (QED) is 0.773. The lowest BCUT2D eigenvalue weighted by atomic mass is 10.1. The summed E-state index contributed by atoms with van der Waals surface area (Å²) >= 11 is 1.74. The van der Waals surface area contributed by atoms with E-state index in [0.717, 1.165) is 12.2 Å². The number of nitrogen functional groups attached to an aromatic ring is 1. The molecule has 0 aromatic heterocycles. The molecular formula is C12H18N2OS. The highest BCUT2D eigenvalue weighted by molar-refractivity contribution is 7.98. The predicted molar refractivity (Wildman–Crippen MR) is 70.8 cm³/mol. The molecule has 0 fully saturated rings. The first kappa shape index (κ1) is 12.9. The molecule has 0 bridgehead atoms. The van der Waals surface area contributed by atoms with Crippen molar-refractivity contribution in [3.63, 3.8) is 0 Å². The Bertz CT molecular complexity index is 355. The Morgan fingerprint density at radius 1 is 1.56 bits per heavy atom. The van der Waals surface area contributed by atoms with Crippen LogP contribution in [0.5, 0.6) is 0 Å². The van der Waals surface area contributed by atoms with Crippen molar-refractivity contribution in [2.24, 2.45) is 0 Å². The summed E-state index contributed by atoms with van der Waals surface area (Å²) in [6, 6.07) is 7.26. The molecular weight excluding hydrogens is 220 g/mol. The first-order valence-electron chi connectivity index (χ1n) is 5.32. The molecule has 0 heterocycles. The SMILES string of the molecule is CCC(CSC)NC(=O)c1cccc(N)c1. The van der Waals surface area contributed by atoms with E-state index in [4.69, 9.17) is 5.73 Å². The lowest BCUT2D eigenvalue weighted by molar-refractivity contribution is 0.0940. The molecule has 16 heavy (non-hydrogen) atoms. The van der Waals surface area contributed by atoms with E-state index in [1.807, 2.05) is 6.26 Å². The van der Waals surface area contributed by atoms with Gasteiger partial charge in [-0.2, -0.15) is 11.8 Å². The van der Waals surface area contributed by atoms with Gasteiger partial charge in [0.15, 0.2) is 0 Å². The number of benzene rings is 1. The normalized spacial score (nSPS) is 12.1. The fourth-order valence-corrected chi connectivity index (χ4v) is 2.13. The Kier molecular flexibility index (Phi) is 5.19. The summed E-state index contributed by atoms with van der Waals surface area (Å²) in [6.07, 6.45) is 2.98. The van der Waals surface area contributed by atoms with Crippen LogP contribution < -0.4 is 11.1 Å². The fourth-order valence-electron chi connectivity index (χ4n) is 1.41. The lowest BCUT2D eigenvalue weighted by Crippen LogP contribution is -2.36. The van der Waals surface area contributed by atoms with Crippen molar-refractivity contribution < 1.29 is 4.79 Å². The zero-order chi connectivity index (χ0) is 12.0. The monoisotopic (exact) mass is 238 g/mol. The van der Waals surface area contributed by atoms with Crippen LogP contribution in [-0.2, 0) is 0 Å². The largest absolute Gasteiger partial charge is 0.399 e. The van der Waals surface area contributed by atoms with Crippen LogP contribution in [0.25, 0.3) is 0 Å². The van der Waals surface area contributed by atoms with E-state index < -0.39 is 0 Å². The third-order valence-corrected chi connectivity index (χ3v) is 3.08. The standard InChI is InChI=1S/C12H18N2OS/c1-3-11(8-16-2)14-12(15)9-5-4-6-10(13)7-9/h4-7,11H,3,8,13H2,1-2H3,(H,14,15). The van der Waals surface area contributed by atoms with E-state index in [1.54, 1.807) is 36.0 Å². The zero-order valence-electron chi connectivity index (χ0n) is 9.69. The van der Waals surface area contributed by atoms with Gasteiger partial charge in [-0.3, -0.25) is 4.79 Å². The summed E-state index contributed by atoms with van der Waals surface area (Å²) in [5.74, 6) is 0.887. The Hall–Kier alpha value is -1.16. The molecule has 1 aromatic rings. The van der Waals surface area contributed by atoms with Crippen molar-refractivity contribution in [1.82, 2.24) is 5.32 Å². The molecule has 0 aliphatic carbocycles. The van der Waals surface area contributed by atoms with Gasteiger partial charge < -0.3 is 11.1 Å². The molecule has 4 heteroatoms. The minimum absolute atomic E-state index is 0.0480. The van der Waals surface area contributed by atoms with E-state index in [1.165, 1.54) is 0 Å². The van der Waals surface area contributed by atoms with Crippen LogP contribution in [0.3, 0.4) is 0 Å². The van der Waals surface area contributed by atoms with Crippen LogP contribution in [0.4, 0.5) is 5.69 Å². The number of rotatable bonds is 5. The molecule has 1 aromatic carbocycles.